The van der Waals surface area contributed by atoms with Gasteiger partial charge in [0.05, 0.1) is 12.7 Å². The third-order valence-corrected chi connectivity index (χ3v) is 1.81. The monoisotopic (exact) mass is 228 g/mol. The van der Waals surface area contributed by atoms with Crippen molar-refractivity contribution in [2.24, 2.45) is 5.92 Å². The van der Waals surface area contributed by atoms with Crippen LogP contribution in [0.2, 0.25) is 0 Å². The number of carbonyl (C=O) groups is 2. The maximum absolute atomic E-state index is 11.1. The van der Waals surface area contributed by atoms with Crippen LogP contribution in [0.25, 0.3) is 0 Å². The molecule has 4 nitrogen and oxygen atoms in total. The first kappa shape index (κ1) is 14.7. The molecule has 0 aromatic rings. The molecular formula is C12H20O4. The Morgan fingerprint density at radius 3 is 2.19 bits per heavy atom. The fraction of sp³-hybridized carbons (Fsp3) is 0.667. The fourth-order valence-corrected chi connectivity index (χ4v) is 0.754. The van der Waals surface area contributed by atoms with E-state index in [4.69, 9.17) is 9.47 Å². The minimum atomic E-state index is -0.519. The number of carbonyl (C=O) groups excluding carboxylic acids is 2. The average Bonchev–Trinajstić information content (AvgIpc) is 2.23. The highest BCUT2D eigenvalue weighted by Gasteiger charge is 2.05. The molecule has 0 saturated carbocycles. The van der Waals surface area contributed by atoms with Gasteiger partial charge in [0.15, 0.2) is 0 Å². The molecule has 16 heavy (non-hydrogen) atoms. The van der Waals surface area contributed by atoms with Gasteiger partial charge in [0.25, 0.3) is 0 Å². The second kappa shape index (κ2) is 7.91. The highest BCUT2D eigenvalue weighted by molar-refractivity contribution is 5.91. The summed E-state index contributed by atoms with van der Waals surface area (Å²) in [7, 11) is 0. The zero-order valence-electron chi connectivity index (χ0n) is 10.4. The summed E-state index contributed by atoms with van der Waals surface area (Å²) in [4.78, 5) is 22.2. The first-order valence-electron chi connectivity index (χ1n) is 5.51. The number of hydrogen-bond acceptors (Lipinski definition) is 4. The number of hydrogen-bond donors (Lipinski definition) is 0. The average molecular weight is 228 g/mol. The Morgan fingerprint density at radius 2 is 1.69 bits per heavy atom. The van der Waals surface area contributed by atoms with Crippen molar-refractivity contribution in [2.45, 2.75) is 40.2 Å². The van der Waals surface area contributed by atoms with Gasteiger partial charge in [-0.1, -0.05) is 20.8 Å². The van der Waals surface area contributed by atoms with Crippen molar-refractivity contribution in [1.82, 2.24) is 0 Å². The van der Waals surface area contributed by atoms with Gasteiger partial charge in [-0.15, -0.1) is 0 Å². The fourth-order valence-electron chi connectivity index (χ4n) is 0.754. The summed E-state index contributed by atoms with van der Waals surface area (Å²) in [5.41, 5.74) is 0. The molecular weight excluding hydrogens is 208 g/mol. The Hall–Kier alpha value is -1.32. The summed E-state index contributed by atoms with van der Waals surface area (Å²) in [6, 6.07) is 0. The predicted octanol–water partition coefficient (Wildman–Crippen LogP) is 2.08. The first-order chi connectivity index (χ1) is 7.45. The Morgan fingerprint density at radius 1 is 1.12 bits per heavy atom. The second-order valence-corrected chi connectivity index (χ2v) is 4.01. The number of rotatable bonds is 6. The van der Waals surface area contributed by atoms with Crippen LogP contribution in [0.1, 0.15) is 34.1 Å². The van der Waals surface area contributed by atoms with Gasteiger partial charge in [0.2, 0.25) is 0 Å². The van der Waals surface area contributed by atoms with E-state index < -0.39 is 11.9 Å². The zero-order chi connectivity index (χ0) is 12.6. The number of ether oxygens (including phenoxy) is 2. The standard InChI is InChI=1S/C12H20O4/c1-5-10(4)16-12(14)7-6-11(13)15-8-9(2)3/h6-7,9-10H,5,8H2,1-4H3/b7-6+. The highest BCUT2D eigenvalue weighted by atomic mass is 16.5. The van der Waals surface area contributed by atoms with E-state index in [9.17, 15) is 9.59 Å². The van der Waals surface area contributed by atoms with E-state index >= 15 is 0 Å². The van der Waals surface area contributed by atoms with Crippen LogP contribution in [0.5, 0.6) is 0 Å². The summed E-state index contributed by atoms with van der Waals surface area (Å²) in [6.45, 7) is 7.94. The largest absolute Gasteiger partial charge is 0.462 e. The molecule has 0 bridgehead atoms. The van der Waals surface area contributed by atoms with E-state index in [1.807, 2.05) is 20.8 Å². The van der Waals surface area contributed by atoms with Crippen LogP contribution in [-0.2, 0) is 19.1 Å². The lowest BCUT2D eigenvalue weighted by Crippen LogP contribution is -2.12. The van der Waals surface area contributed by atoms with Crippen LogP contribution in [-0.4, -0.2) is 24.6 Å². The minimum absolute atomic E-state index is 0.135. The molecule has 1 atom stereocenters. The van der Waals surface area contributed by atoms with Crippen molar-refractivity contribution >= 4 is 11.9 Å². The van der Waals surface area contributed by atoms with E-state index in [0.717, 1.165) is 18.6 Å². The smallest absolute Gasteiger partial charge is 0.331 e. The van der Waals surface area contributed by atoms with Crippen molar-refractivity contribution in [3.8, 4) is 0 Å². The summed E-state index contributed by atoms with van der Waals surface area (Å²) in [6.07, 6.45) is 2.79. The maximum Gasteiger partial charge on any atom is 0.331 e. The zero-order valence-corrected chi connectivity index (χ0v) is 10.4. The molecule has 0 heterocycles. The molecule has 4 heteroatoms. The van der Waals surface area contributed by atoms with Crippen molar-refractivity contribution in [3.63, 3.8) is 0 Å². The van der Waals surface area contributed by atoms with E-state index in [0.29, 0.717) is 6.61 Å². The summed E-state index contributed by atoms with van der Waals surface area (Å²) < 4.78 is 9.79. The van der Waals surface area contributed by atoms with E-state index in [1.54, 1.807) is 6.92 Å². The third-order valence-electron chi connectivity index (χ3n) is 1.81. The molecule has 0 fully saturated rings. The lowest BCUT2D eigenvalue weighted by molar-refractivity contribution is -0.143. The van der Waals surface area contributed by atoms with E-state index in [2.05, 4.69) is 0 Å². The maximum atomic E-state index is 11.1. The topological polar surface area (TPSA) is 52.6 Å². The van der Waals surface area contributed by atoms with Crippen molar-refractivity contribution in [2.75, 3.05) is 6.61 Å². The predicted molar refractivity (Wildman–Crippen MR) is 60.8 cm³/mol. The third kappa shape index (κ3) is 8.03. The van der Waals surface area contributed by atoms with Gasteiger partial charge in [-0.25, -0.2) is 9.59 Å². The molecule has 0 radical (unpaired) electrons. The van der Waals surface area contributed by atoms with Gasteiger partial charge in [-0.05, 0) is 19.3 Å². The van der Waals surface area contributed by atoms with Gasteiger partial charge >= 0.3 is 11.9 Å². The molecule has 0 rings (SSSR count). The molecule has 0 N–H and O–H groups in total. The Labute approximate surface area is 96.6 Å². The van der Waals surface area contributed by atoms with Gasteiger partial charge in [0, 0.05) is 12.2 Å². The van der Waals surface area contributed by atoms with Crippen LogP contribution >= 0.6 is 0 Å². The SMILES string of the molecule is CCC(C)OC(=O)/C=C/C(=O)OCC(C)C. The molecule has 0 saturated heterocycles. The van der Waals surface area contributed by atoms with Crippen molar-refractivity contribution in [1.29, 1.82) is 0 Å². The molecule has 0 aliphatic carbocycles. The first-order valence-corrected chi connectivity index (χ1v) is 5.51. The Bertz CT molecular complexity index is 256. The van der Waals surface area contributed by atoms with Gasteiger partial charge in [0.1, 0.15) is 0 Å². The second-order valence-electron chi connectivity index (χ2n) is 4.01. The summed E-state index contributed by atoms with van der Waals surface area (Å²) in [5, 5.41) is 0. The van der Waals surface area contributed by atoms with Crippen LogP contribution in [0.4, 0.5) is 0 Å². The van der Waals surface area contributed by atoms with Crippen molar-refractivity contribution < 1.29 is 19.1 Å². The van der Waals surface area contributed by atoms with Crippen molar-refractivity contribution in [3.05, 3.63) is 12.2 Å². The van der Waals surface area contributed by atoms with Crippen LogP contribution < -0.4 is 0 Å². The Balaban J connectivity index is 3.89. The number of esters is 2. The van der Waals surface area contributed by atoms with E-state index in [-0.39, 0.29) is 12.0 Å². The molecule has 0 spiro atoms. The highest BCUT2D eigenvalue weighted by Crippen LogP contribution is 1.98. The summed E-state index contributed by atoms with van der Waals surface area (Å²) >= 11 is 0. The quantitative estimate of drug-likeness (QED) is 0.516. The van der Waals surface area contributed by atoms with Gasteiger partial charge in [-0.3, -0.25) is 0 Å². The molecule has 92 valence electrons. The van der Waals surface area contributed by atoms with Crippen LogP contribution in [0.15, 0.2) is 12.2 Å². The molecule has 1 unspecified atom stereocenters. The normalized spacial score (nSPS) is 12.8. The molecule has 0 amide bonds. The van der Waals surface area contributed by atoms with E-state index in [1.165, 1.54) is 0 Å². The Kier molecular flexibility index (Phi) is 7.25. The summed E-state index contributed by atoms with van der Waals surface area (Å²) in [5.74, 6) is -0.755. The molecule has 0 aromatic carbocycles. The molecule has 0 aliphatic heterocycles. The van der Waals surface area contributed by atoms with Gasteiger partial charge in [-0.2, -0.15) is 0 Å². The molecule has 0 aromatic heterocycles. The molecule has 0 aliphatic rings. The van der Waals surface area contributed by atoms with Crippen LogP contribution in [0, 0.1) is 5.92 Å². The minimum Gasteiger partial charge on any atom is -0.462 e. The lowest BCUT2D eigenvalue weighted by atomic mass is 10.2. The van der Waals surface area contributed by atoms with Crippen LogP contribution in [0.3, 0.4) is 0 Å². The lowest BCUT2D eigenvalue weighted by Gasteiger charge is -2.08. The van der Waals surface area contributed by atoms with Gasteiger partial charge < -0.3 is 9.47 Å².